The Bertz CT molecular complexity index is 794. The van der Waals surface area contributed by atoms with Gasteiger partial charge in [0.05, 0.1) is 11.4 Å². The number of nitrogens with zero attached hydrogens (tertiary/aromatic N) is 4. The van der Waals surface area contributed by atoms with E-state index in [4.69, 9.17) is 5.10 Å². The van der Waals surface area contributed by atoms with Crippen LogP contribution in [0.25, 0.3) is 5.69 Å². The Morgan fingerprint density at radius 3 is 2.33 bits per heavy atom. The monoisotopic (exact) mass is 364 g/mol. The Morgan fingerprint density at radius 2 is 1.59 bits per heavy atom. The smallest absolute Gasteiger partial charge is 0.227 e. The first-order valence-corrected chi connectivity index (χ1v) is 10.5. The number of hydrogen-bond acceptors (Lipinski definition) is 3. The molecule has 2 aliphatic heterocycles. The summed E-state index contributed by atoms with van der Waals surface area (Å²) in [6.07, 6.45) is 11.6. The standard InChI is InChI=1S/C22H28N4O/c27-22-6-3-13-25(22)19-7-9-20(10-8-19)26-16-17-11-14-24(15-12-21(17)23-26)18-4-1-2-5-18/h7-10,16,18H,1-6,11-15H2. The van der Waals surface area contributed by atoms with Crippen molar-refractivity contribution in [2.75, 3.05) is 24.5 Å². The molecule has 3 heterocycles. The first-order chi connectivity index (χ1) is 13.3. The van der Waals surface area contributed by atoms with E-state index in [1.165, 1.54) is 43.5 Å². The number of carbonyl (C=O) groups is 1. The normalized spacial score (nSPS) is 21.6. The lowest BCUT2D eigenvalue weighted by molar-refractivity contribution is -0.117. The fourth-order valence-corrected chi connectivity index (χ4v) is 4.96. The number of amides is 1. The van der Waals surface area contributed by atoms with Gasteiger partial charge in [-0.05, 0) is 55.5 Å². The molecule has 0 unspecified atom stereocenters. The largest absolute Gasteiger partial charge is 0.312 e. The Morgan fingerprint density at radius 1 is 0.852 bits per heavy atom. The molecule has 0 bridgehead atoms. The maximum absolute atomic E-state index is 11.9. The van der Waals surface area contributed by atoms with Crippen LogP contribution in [0.1, 0.15) is 49.8 Å². The zero-order valence-electron chi connectivity index (χ0n) is 15.9. The third-order valence-electron chi connectivity index (χ3n) is 6.52. The number of fused-ring (bicyclic) bond motifs is 1. The molecule has 0 radical (unpaired) electrons. The van der Waals surface area contributed by atoms with Gasteiger partial charge in [-0.25, -0.2) is 4.68 Å². The van der Waals surface area contributed by atoms with E-state index in [1.807, 2.05) is 21.7 Å². The third kappa shape index (κ3) is 3.29. The van der Waals surface area contributed by atoms with Crippen molar-refractivity contribution in [3.05, 3.63) is 41.7 Å². The Kier molecular flexibility index (Phi) is 4.48. The zero-order chi connectivity index (χ0) is 18.2. The summed E-state index contributed by atoms with van der Waals surface area (Å²) in [4.78, 5) is 16.5. The van der Waals surface area contributed by atoms with Gasteiger partial charge < -0.3 is 4.90 Å². The second-order valence-electron chi connectivity index (χ2n) is 8.19. The molecule has 1 saturated carbocycles. The van der Waals surface area contributed by atoms with E-state index in [1.54, 1.807) is 0 Å². The number of carbonyl (C=O) groups excluding carboxylic acids is 1. The molecule has 1 aliphatic carbocycles. The molecule has 2 aromatic rings. The molecule has 1 saturated heterocycles. The predicted molar refractivity (Wildman–Crippen MR) is 106 cm³/mol. The molecule has 5 nitrogen and oxygen atoms in total. The van der Waals surface area contributed by atoms with Crippen LogP contribution in [0.4, 0.5) is 5.69 Å². The first kappa shape index (κ1) is 17.0. The molecule has 5 rings (SSSR count). The molecule has 3 aliphatic rings. The maximum Gasteiger partial charge on any atom is 0.227 e. The van der Waals surface area contributed by atoms with Gasteiger partial charge in [-0.2, -0.15) is 5.10 Å². The summed E-state index contributed by atoms with van der Waals surface area (Å²) in [6.45, 7) is 3.15. The van der Waals surface area contributed by atoms with Crippen LogP contribution in [-0.2, 0) is 17.6 Å². The number of hydrogen-bond donors (Lipinski definition) is 0. The summed E-state index contributed by atoms with van der Waals surface area (Å²) < 4.78 is 2.02. The molecule has 2 fully saturated rings. The summed E-state index contributed by atoms with van der Waals surface area (Å²) in [5.74, 6) is 0.236. The van der Waals surface area contributed by atoms with Crippen molar-refractivity contribution in [2.45, 2.75) is 57.4 Å². The SMILES string of the molecule is O=C1CCCN1c1ccc(-n2cc3c(n2)CCN(C2CCCC2)CC3)cc1. The molecule has 0 atom stereocenters. The third-order valence-corrected chi connectivity index (χ3v) is 6.52. The highest BCUT2D eigenvalue weighted by Crippen LogP contribution is 2.27. The van der Waals surface area contributed by atoms with Crippen molar-refractivity contribution in [3.8, 4) is 5.69 Å². The highest BCUT2D eigenvalue weighted by molar-refractivity contribution is 5.95. The van der Waals surface area contributed by atoms with E-state index < -0.39 is 0 Å². The number of anilines is 1. The summed E-state index contributed by atoms with van der Waals surface area (Å²) >= 11 is 0. The van der Waals surface area contributed by atoms with Crippen molar-refractivity contribution < 1.29 is 4.79 Å². The molecule has 1 aromatic heterocycles. The highest BCUT2D eigenvalue weighted by atomic mass is 16.2. The Balaban J connectivity index is 1.30. The fraction of sp³-hybridized carbons (Fsp3) is 0.545. The minimum Gasteiger partial charge on any atom is -0.312 e. The van der Waals surface area contributed by atoms with Crippen LogP contribution < -0.4 is 4.90 Å². The van der Waals surface area contributed by atoms with Crippen molar-refractivity contribution >= 4 is 11.6 Å². The second kappa shape index (κ2) is 7.12. The topological polar surface area (TPSA) is 41.4 Å². The Labute approximate surface area is 161 Å². The minimum atomic E-state index is 0.236. The maximum atomic E-state index is 11.9. The second-order valence-corrected chi connectivity index (χ2v) is 8.19. The van der Waals surface area contributed by atoms with E-state index in [2.05, 4.69) is 23.2 Å². The van der Waals surface area contributed by atoms with Gasteiger partial charge in [-0.15, -0.1) is 0 Å². The molecule has 1 aromatic carbocycles. The number of aromatic nitrogens is 2. The molecule has 142 valence electrons. The van der Waals surface area contributed by atoms with Gasteiger partial charge in [0.1, 0.15) is 0 Å². The molecule has 1 amide bonds. The van der Waals surface area contributed by atoms with E-state index in [0.717, 1.165) is 49.8 Å². The van der Waals surface area contributed by atoms with Gasteiger partial charge in [0.15, 0.2) is 0 Å². The highest BCUT2D eigenvalue weighted by Gasteiger charge is 2.26. The van der Waals surface area contributed by atoms with E-state index in [-0.39, 0.29) is 5.91 Å². The zero-order valence-corrected chi connectivity index (χ0v) is 15.9. The minimum absolute atomic E-state index is 0.236. The van der Waals surface area contributed by atoms with Crippen LogP contribution in [-0.4, -0.2) is 46.3 Å². The van der Waals surface area contributed by atoms with Crippen LogP contribution in [0.2, 0.25) is 0 Å². The lowest BCUT2D eigenvalue weighted by atomic mass is 10.2. The van der Waals surface area contributed by atoms with Gasteiger partial charge in [0, 0.05) is 50.4 Å². The molecule has 5 heteroatoms. The molecular formula is C22H28N4O. The summed E-state index contributed by atoms with van der Waals surface area (Å²) in [7, 11) is 0. The average Bonchev–Trinajstić information content (AvgIpc) is 3.42. The van der Waals surface area contributed by atoms with Crippen LogP contribution >= 0.6 is 0 Å². The van der Waals surface area contributed by atoms with Crippen LogP contribution in [0.3, 0.4) is 0 Å². The van der Waals surface area contributed by atoms with Gasteiger partial charge in [-0.1, -0.05) is 12.8 Å². The van der Waals surface area contributed by atoms with Crippen molar-refractivity contribution in [1.82, 2.24) is 14.7 Å². The van der Waals surface area contributed by atoms with E-state index in [9.17, 15) is 4.79 Å². The summed E-state index contributed by atoms with van der Waals surface area (Å²) in [5.41, 5.74) is 4.73. The van der Waals surface area contributed by atoms with Crippen LogP contribution in [0, 0.1) is 0 Å². The molecule has 0 spiro atoms. The van der Waals surface area contributed by atoms with E-state index in [0.29, 0.717) is 6.42 Å². The van der Waals surface area contributed by atoms with Crippen LogP contribution in [0.15, 0.2) is 30.5 Å². The molecular weight excluding hydrogens is 336 g/mol. The lowest BCUT2D eigenvalue weighted by Gasteiger charge is -2.26. The average molecular weight is 364 g/mol. The predicted octanol–water partition coefficient (Wildman–Crippen LogP) is 3.34. The summed E-state index contributed by atoms with van der Waals surface area (Å²) in [6, 6.07) is 9.07. The molecule has 0 N–H and O–H groups in total. The van der Waals surface area contributed by atoms with Crippen molar-refractivity contribution in [2.24, 2.45) is 0 Å². The summed E-state index contributed by atoms with van der Waals surface area (Å²) in [5, 5.41) is 4.89. The van der Waals surface area contributed by atoms with Crippen LogP contribution in [0.5, 0.6) is 0 Å². The Hall–Kier alpha value is -2.14. The van der Waals surface area contributed by atoms with Gasteiger partial charge in [-0.3, -0.25) is 9.69 Å². The fourth-order valence-electron chi connectivity index (χ4n) is 4.96. The van der Waals surface area contributed by atoms with Gasteiger partial charge >= 0.3 is 0 Å². The molecule has 27 heavy (non-hydrogen) atoms. The first-order valence-electron chi connectivity index (χ1n) is 10.5. The van der Waals surface area contributed by atoms with Gasteiger partial charge in [0.25, 0.3) is 0 Å². The number of benzene rings is 1. The van der Waals surface area contributed by atoms with Crippen molar-refractivity contribution in [3.63, 3.8) is 0 Å². The quantitative estimate of drug-likeness (QED) is 0.839. The van der Waals surface area contributed by atoms with Crippen molar-refractivity contribution in [1.29, 1.82) is 0 Å². The number of rotatable bonds is 3. The van der Waals surface area contributed by atoms with Gasteiger partial charge in [0.2, 0.25) is 5.91 Å². The lowest BCUT2D eigenvalue weighted by Crippen LogP contribution is -2.35. The van der Waals surface area contributed by atoms with E-state index >= 15 is 0 Å².